The topological polar surface area (TPSA) is 50.8 Å². The lowest BCUT2D eigenvalue weighted by Crippen LogP contribution is -2.34. The largest absolute Gasteiger partial charge is 0.496 e. The number of benzene rings is 3. The maximum atomic E-state index is 12.7. The molecule has 1 amide bonds. The highest BCUT2D eigenvalue weighted by Gasteiger charge is 2.19. The molecule has 0 aromatic heterocycles. The van der Waals surface area contributed by atoms with Crippen LogP contribution in [0.1, 0.15) is 22.0 Å². The molecule has 0 spiro atoms. The summed E-state index contributed by atoms with van der Waals surface area (Å²) in [6.45, 7) is 0.454. The molecule has 0 unspecified atom stereocenters. The third-order valence-electron chi connectivity index (χ3n) is 4.65. The minimum Gasteiger partial charge on any atom is -0.496 e. The van der Waals surface area contributed by atoms with Crippen LogP contribution in [0.5, 0.6) is 17.2 Å². The van der Waals surface area contributed by atoms with Gasteiger partial charge in [0, 0.05) is 17.7 Å². The van der Waals surface area contributed by atoms with Gasteiger partial charge in [-0.15, -0.1) is 0 Å². The van der Waals surface area contributed by atoms with E-state index in [4.69, 9.17) is 9.47 Å². The van der Waals surface area contributed by atoms with Crippen LogP contribution in [0.3, 0.4) is 0 Å². The quantitative estimate of drug-likeness (QED) is 0.614. The lowest BCUT2D eigenvalue weighted by atomic mass is 10.0. The fraction of sp³-hybridized carbons (Fsp3) is 0.208. The van der Waals surface area contributed by atoms with Gasteiger partial charge in [-0.2, -0.15) is 0 Å². The number of hydrogen-bond acceptors (Lipinski definition) is 4. The van der Waals surface area contributed by atoms with E-state index < -0.39 is 0 Å². The normalized spacial score (nSPS) is 11.7. The summed E-state index contributed by atoms with van der Waals surface area (Å²) >= 11 is 0. The van der Waals surface area contributed by atoms with Crippen molar-refractivity contribution in [2.75, 3.05) is 27.7 Å². The molecule has 0 bridgehead atoms. The van der Waals surface area contributed by atoms with Gasteiger partial charge in [-0.05, 0) is 50.5 Å². The first kappa shape index (κ1) is 20.4. The van der Waals surface area contributed by atoms with Gasteiger partial charge in [0.1, 0.15) is 17.2 Å². The molecule has 150 valence electrons. The summed E-state index contributed by atoms with van der Waals surface area (Å²) in [5.74, 6) is 2.01. The van der Waals surface area contributed by atoms with Crippen LogP contribution >= 0.6 is 0 Å². The van der Waals surface area contributed by atoms with Gasteiger partial charge in [-0.1, -0.05) is 42.5 Å². The average molecular weight is 390 g/mol. The first-order valence-corrected chi connectivity index (χ1v) is 9.49. The Kier molecular flexibility index (Phi) is 6.87. The van der Waals surface area contributed by atoms with E-state index in [1.165, 1.54) is 0 Å². The Morgan fingerprint density at radius 2 is 1.62 bits per heavy atom. The van der Waals surface area contributed by atoms with E-state index in [0.717, 1.165) is 17.1 Å². The van der Waals surface area contributed by atoms with E-state index in [0.29, 0.717) is 17.9 Å². The van der Waals surface area contributed by atoms with Gasteiger partial charge in [0.05, 0.1) is 13.2 Å². The Morgan fingerprint density at radius 3 is 2.34 bits per heavy atom. The Labute approximate surface area is 171 Å². The summed E-state index contributed by atoms with van der Waals surface area (Å²) in [4.78, 5) is 14.8. The van der Waals surface area contributed by atoms with Crippen molar-refractivity contribution in [2.45, 2.75) is 6.04 Å². The maximum Gasteiger partial charge on any atom is 0.251 e. The molecule has 3 aromatic carbocycles. The second-order valence-electron chi connectivity index (χ2n) is 6.87. The molecular formula is C24H26N2O3. The van der Waals surface area contributed by atoms with Gasteiger partial charge in [-0.3, -0.25) is 4.79 Å². The zero-order valence-electron chi connectivity index (χ0n) is 17.0. The van der Waals surface area contributed by atoms with E-state index in [9.17, 15) is 4.79 Å². The SMILES string of the molecule is COc1ccccc1[C@@H](CNC(=O)c1cccc(Oc2ccccc2)c1)N(C)C. The fourth-order valence-corrected chi connectivity index (χ4v) is 3.13. The van der Waals surface area contributed by atoms with Gasteiger partial charge < -0.3 is 19.7 Å². The van der Waals surface area contributed by atoms with Gasteiger partial charge in [0.25, 0.3) is 5.91 Å². The van der Waals surface area contributed by atoms with E-state index in [-0.39, 0.29) is 11.9 Å². The Balaban J connectivity index is 1.70. The van der Waals surface area contributed by atoms with Gasteiger partial charge in [-0.25, -0.2) is 0 Å². The third-order valence-corrected chi connectivity index (χ3v) is 4.65. The van der Waals surface area contributed by atoms with Crippen LogP contribution in [0.15, 0.2) is 78.9 Å². The molecule has 29 heavy (non-hydrogen) atoms. The van der Waals surface area contributed by atoms with Crippen LogP contribution < -0.4 is 14.8 Å². The first-order valence-electron chi connectivity index (χ1n) is 9.49. The molecule has 0 aliphatic rings. The highest BCUT2D eigenvalue weighted by atomic mass is 16.5. The average Bonchev–Trinajstić information content (AvgIpc) is 2.74. The maximum absolute atomic E-state index is 12.7. The number of nitrogens with one attached hydrogen (secondary N) is 1. The van der Waals surface area contributed by atoms with Crippen LogP contribution in [0.2, 0.25) is 0 Å². The summed E-state index contributed by atoms with van der Waals surface area (Å²) in [5, 5.41) is 3.03. The zero-order valence-corrected chi connectivity index (χ0v) is 17.0. The Bertz CT molecular complexity index is 942. The predicted molar refractivity (Wildman–Crippen MR) is 115 cm³/mol. The van der Waals surface area contributed by atoms with Crippen molar-refractivity contribution in [3.8, 4) is 17.2 Å². The zero-order chi connectivity index (χ0) is 20.6. The fourth-order valence-electron chi connectivity index (χ4n) is 3.13. The first-order chi connectivity index (χ1) is 14.1. The molecule has 1 atom stereocenters. The summed E-state index contributed by atoms with van der Waals surface area (Å²) < 4.78 is 11.3. The minimum absolute atomic E-state index is 0.0150. The molecule has 1 N–H and O–H groups in total. The van der Waals surface area contributed by atoms with Crippen LogP contribution in [0.25, 0.3) is 0 Å². The Morgan fingerprint density at radius 1 is 0.931 bits per heavy atom. The van der Waals surface area contributed by atoms with Crippen molar-refractivity contribution in [3.05, 3.63) is 90.0 Å². The number of likely N-dealkylation sites (N-methyl/N-ethyl adjacent to an activating group) is 1. The summed E-state index contributed by atoms with van der Waals surface area (Å²) in [5.41, 5.74) is 1.58. The highest BCUT2D eigenvalue weighted by Crippen LogP contribution is 2.27. The molecule has 0 radical (unpaired) electrons. The van der Waals surface area contributed by atoms with Crippen molar-refractivity contribution >= 4 is 5.91 Å². The van der Waals surface area contributed by atoms with Crippen LogP contribution in [-0.4, -0.2) is 38.6 Å². The van der Waals surface area contributed by atoms with Crippen molar-refractivity contribution in [3.63, 3.8) is 0 Å². The molecule has 0 fully saturated rings. The number of hydrogen-bond donors (Lipinski definition) is 1. The van der Waals surface area contributed by atoms with E-state index in [2.05, 4.69) is 10.2 Å². The van der Waals surface area contributed by atoms with E-state index in [1.54, 1.807) is 19.2 Å². The van der Waals surface area contributed by atoms with Gasteiger partial charge in [0.2, 0.25) is 0 Å². The molecule has 0 saturated heterocycles. The van der Waals surface area contributed by atoms with E-state index >= 15 is 0 Å². The summed E-state index contributed by atoms with van der Waals surface area (Å²) in [6.07, 6.45) is 0. The van der Waals surface area contributed by atoms with Crippen molar-refractivity contribution in [1.29, 1.82) is 0 Å². The molecular weight excluding hydrogens is 364 g/mol. The molecule has 5 heteroatoms. The van der Waals surface area contributed by atoms with Crippen LogP contribution in [0, 0.1) is 0 Å². The highest BCUT2D eigenvalue weighted by molar-refractivity contribution is 5.94. The second-order valence-corrected chi connectivity index (χ2v) is 6.87. The lowest BCUT2D eigenvalue weighted by molar-refractivity contribution is 0.0941. The Hall–Kier alpha value is -3.31. The molecule has 0 aliphatic heterocycles. The number of methoxy groups -OCH3 is 1. The van der Waals surface area contributed by atoms with Crippen molar-refractivity contribution < 1.29 is 14.3 Å². The molecule has 3 aromatic rings. The molecule has 3 rings (SSSR count). The smallest absolute Gasteiger partial charge is 0.251 e. The number of para-hydroxylation sites is 2. The number of nitrogens with zero attached hydrogens (tertiary/aromatic N) is 1. The molecule has 5 nitrogen and oxygen atoms in total. The monoisotopic (exact) mass is 390 g/mol. The molecule has 0 heterocycles. The number of carbonyl (C=O) groups excluding carboxylic acids is 1. The second kappa shape index (κ2) is 9.75. The third kappa shape index (κ3) is 5.36. The number of amides is 1. The van der Waals surface area contributed by atoms with Gasteiger partial charge in [0.15, 0.2) is 0 Å². The van der Waals surface area contributed by atoms with Crippen molar-refractivity contribution in [1.82, 2.24) is 10.2 Å². The summed E-state index contributed by atoms with van der Waals surface area (Å²) in [6, 6.07) is 24.5. The minimum atomic E-state index is -0.148. The van der Waals surface area contributed by atoms with E-state index in [1.807, 2.05) is 80.8 Å². The van der Waals surface area contributed by atoms with Crippen LogP contribution in [0.4, 0.5) is 0 Å². The molecule has 0 aliphatic carbocycles. The van der Waals surface area contributed by atoms with Crippen LogP contribution in [-0.2, 0) is 0 Å². The molecule has 0 saturated carbocycles. The lowest BCUT2D eigenvalue weighted by Gasteiger charge is -2.26. The number of carbonyl (C=O) groups is 1. The standard InChI is InChI=1S/C24H26N2O3/c1-26(2)22(21-14-7-8-15-23(21)28-3)17-25-24(27)18-10-9-13-20(16-18)29-19-11-5-4-6-12-19/h4-16,22H,17H2,1-3H3,(H,25,27)/t22-/m1/s1. The predicted octanol–water partition coefficient (Wildman–Crippen LogP) is 4.52. The van der Waals surface area contributed by atoms with Crippen molar-refractivity contribution in [2.24, 2.45) is 0 Å². The number of ether oxygens (including phenoxy) is 2. The van der Waals surface area contributed by atoms with Gasteiger partial charge >= 0.3 is 0 Å². The number of rotatable bonds is 8. The summed E-state index contributed by atoms with van der Waals surface area (Å²) in [7, 11) is 5.62.